The average molecular weight is 220 g/mol. The zero-order chi connectivity index (χ0) is 11.7. The van der Waals surface area contributed by atoms with E-state index in [4.69, 9.17) is 9.84 Å². The second kappa shape index (κ2) is 3.81. The number of hydrogen-bond donors (Lipinski definition) is 1. The molecule has 0 unspecified atom stereocenters. The SMILES string of the molecule is COc1cc(C(=O)O)cc2cc(F)ccc12. The summed E-state index contributed by atoms with van der Waals surface area (Å²) >= 11 is 0. The molecule has 0 spiro atoms. The lowest BCUT2D eigenvalue weighted by molar-refractivity contribution is 0.0696. The van der Waals surface area contributed by atoms with Gasteiger partial charge in [0, 0.05) is 5.39 Å². The molecule has 82 valence electrons. The van der Waals surface area contributed by atoms with Gasteiger partial charge in [-0.05, 0) is 35.7 Å². The molecule has 1 N–H and O–H groups in total. The van der Waals surface area contributed by atoms with Gasteiger partial charge in [0.25, 0.3) is 0 Å². The maximum absolute atomic E-state index is 13.0. The molecule has 0 heterocycles. The molecule has 0 atom stereocenters. The normalized spacial score (nSPS) is 10.4. The third kappa shape index (κ3) is 1.69. The first-order valence-corrected chi connectivity index (χ1v) is 4.62. The second-order valence-electron chi connectivity index (χ2n) is 3.35. The van der Waals surface area contributed by atoms with E-state index >= 15 is 0 Å². The van der Waals surface area contributed by atoms with Crippen LogP contribution in [0.3, 0.4) is 0 Å². The van der Waals surface area contributed by atoms with Gasteiger partial charge in [0.1, 0.15) is 11.6 Å². The van der Waals surface area contributed by atoms with E-state index in [1.165, 1.54) is 31.4 Å². The molecule has 0 amide bonds. The first-order chi connectivity index (χ1) is 7.61. The number of fused-ring (bicyclic) bond motifs is 1. The Hall–Kier alpha value is -2.10. The molecule has 3 nitrogen and oxygen atoms in total. The molecule has 2 aromatic rings. The van der Waals surface area contributed by atoms with E-state index in [1.807, 2.05) is 0 Å². The lowest BCUT2D eigenvalue weighted by Gasteiger charge is -2.07. The van der Waals surface area contributed by atoms with Crippen LogP contribution < -0.4 is 4.74 Å². The number of benzene rings is 2. The summed E-state index contributed by atoms with van der Waals surface area (Å²) in [4.78, 5) is 10.8. The zero-order valence-corrected chi connectivity index (χ0v) is 8.53. The average Bonchev–Trinajstić information content (AvgIpc) is 2.26. The Kier molecular flexibility index (Phi) is 2.48. The summed E-state index contributed by atoms with van der Waals surface area (Å²) < 4.78 is 18.1. The van der Waals surface area contributed by atoms with E-state index in [2.05, 4.69) is 0 Å². The highest BCUT2D eigenvalue weighted by molar-refractivity contribution is 5.97. The molecule has 4 heteroatoms. The summed E-state index contributed by atoms with van der Waals surface area (Å²) in [5, 5.41) is 10.1. The van der Waals surface area contributed by atoms with Crippen LogP contribution in [0.15, 0.2) is 30.3 Å². The molecule has 0 fully saturated rings. The Morgan fingerprint density at radius 2 is 2.06 bits per heavy atom. The van der Waals surface area contributed by atoms with Crippen LogP contribution in [-0.4, -0.2) is 18.2 Å². The number of carbonyl (C=O) groups is 1. The van der Waals surface area contributed by atoms with E-state index in [-0.39, 0.29) is 5.56 Å². The third-order valence-corrected chi connectivity index (χ3v) is 2.34. The predicted molar refractivity (Wildman–Crippen MR) is 57.4 cm³/mol. The quantitative estimate of drug-likeness (QED) is 0.846. The van der Waals surface area contributed by atoms with Gasteiger partial charge >= 0.3 is 5.97 Å². The van der Waals surface area contributed by atoms with Crippen molar-refractivity contribution in [3.05, 3.63) is 41.7 Å². The van der Waals surface area contributed by atoms with Gasteiger partial charge in [-0.1, -0.05) is 0 Å². The Morgan fingerprint density at radius 1 is 1.31 bits per heavy atom. The Bertz CT molecular complexity index is 563. The first kappa shape index (κ1) is 10.4. The van der Waals surface area contributed by atoms with Crippen molar-refractivity contribution >= 4 is 16.7 Å². The highest BCUT2D eigenvalue weighted by Crippen LogP contribution is 2.28. The van der Waals surface area contributed by atoms with Crippen LogP contribution in [0.1, 0.15) is 10.4 Å². The van der Waals surface area contributed by atoms with Crippen molar-refractivity contribution in [3.63, 3.8) is 0 Å². The highest BCUT2D eigenvalue weighted by atomic mass is 19.1. The second-order valence-corrected chi connectivity index (χ2v) is 3.35. The standard InChI is InChI=1S/C12H9FO3/c1-16-11-6-8(12(14)15)4-7-5-9(13)2-3-10(7)11/h2-6H,1H3,(H,14,15). The first-order valence-electron chi connectivity index (χ1n) is 4.62. The lowest BCUT2D eigenvalue weighted by Crippen LogP contribution is -1.97. The maximum atomic E-state index is 13.0. The van der Waals surface area contributed by atoms with Crippen molar-refractivity contribution in [1.29, 1.82) is 0 Å². The number of carboxylic acid groups (broad SMARTS) is 1. The molecular weight excluding hydrogens is 211 g/mol. The monoisotopic (exact) mass is 220 g/mol. The van der Waals surface area contributed by atoms with E-state index in [0.29, 0.717) is 16.5 Å². The van der Waals surface area contributed by atoms with Gasteiger partial charge in [-0.2, -0.15) is 0 Å². The van der Waals surface area contributed by atoms with Crippen LogP contribution in [0.2, 0.25) is 0 Å². The van der Waals surface area contributed by atoms with Crippen molar-refractivity contribution in [2.45, 2.75) is 0 Å². The molecule has 0 bridgehead atoms. The molecule has 0 aliphatic heterocycles. The summed E-state index contributed by atoms with van der Waals surface area (Å²) in [6, 6.07) is 7.00. The summed E-state index contributed by atoms with van der Waals surface area (Å²) in [5.74, 6) is -1.04. The van der Waals surface area contributed by atoms with Crippen molar-refractivity contribution in [1.82, 2.24) is 0 Å². The van der Waals surface area contributed by atoms with E-state index in [0.717, 1.165) is 0 Å². The summed E-state index contributed by atoms with van der Waals surface area (Å²) in [5.41, 5.74) is 0.0787. The maximum Gasteiger partial charge on any atom is 0.335 e. The van der Waals surface area contributed by atoms with Gasteiger partial charge in [-0.15, -0.1) is 0 Å². The fourth-order valence-electron chi connectivity index (χ4n) is 1.60. The molecule has 0 saturated carbocycles. The number of methoxy groups -OCH3 is 1. The van der Waals surface area contributed by atoms with E-state index in [9.17, 15) is 9.18 Å². The Balaban J connectivity index is 2.78. The fourth-order valence-corrected chi connectivity index (χ4v) is 1.60. The third-order valence-electron chi connectivity index (χ3n) is 2.34. The molecule has 2 aromatic carbocycles. The van der Waals surface area contributed by atoms with Gasteiger partial charge in [-0.25, -0.2) is 9.18 Å². The van der Waals surface area contributed by atoms with Crippen molar-refractivity contribution in [2.75, 3.05) is 7.11 Å². The molecule has 0 aliphatic carbocycles. The van der Waals surface area contributed by atoms with Crippen LogP contribution in [0.25, 0.3) is 10.8 Å². The fraction of sp³-hybridized carbons (Fsp3) is 0.0833. The number of ether oxygens (including phenoxy) is 1. The smallest absolute Gasteiger partial charge is 0.335 e. The van der Waals surface area contributed by atoms with Gasteiger partial charge < -0.3 is 9.84 Å². The van der Waals surface area contributed by atoms with Crippen LogP contribution >= 0.6 is 0 Å². The molecule has 0 aliphatic rings. The van der Waals surface area contributed by atoms with Gasteiger partial charge in [0.05, 0.1) is 12.7 Å². The van der Waals surface area contributed by atoms with Crippen molar-refractivity contribution in [2.24, 2.45) is 0 Å². The summed E-state index contributed by atoms with van der Waals surface area (Å²) in [6.07, 6.45) is 0. The summed E-state index contributed by atoms with van der Waals surface area (Å²) in [7, 11) is 1.45. The minimum absolute atomic E-state index is 0.0787. The lowest BCUT2D eigenvalue weighted by atomic mass is 10.1. The Labute approximate surface area is 91.1 Å². The minimum Gasteiger partial charge on any atom is -0.496 e. The number of rotatable bonds is 2. The Morgan fingerprint density at radius 3 is 2.69 bits per heavy atom. The summed E-state index contributed by atoms with van der Waals surface area (Å²) in [6.45, 7) is 0. The van der Waals surface area contributed by atoms with Gasteiger partial charge in [0.15, 0.2) is 0 Å². The largest absolute Gasteiger partial charge is 0.496 e. The molecule has 0 aromatic heterocycles. The van der Waals surface area contributed by atoms with Gasteiger partial charge in [0.2, 0.25) is 0 Å². The molecule has 0 saturated heterocycles. The zero-order valence-electron chi connectivity index (χ0n) is 8.53. The number of hydrogen-bond acceptors (Lipinski definition) is 2. The predicted octanol–water partition coefficient (Wildman–Crippen LogP) is 2.69. The van der Waals surface area contributed by atoms with Crippen molar-refractivity contribution < 1.29 is 19.0 Å². The van der Waals surface area contributed by atoms with E-state index in [1.54, 1.807) is 6.07 Å². The molecular formula is C12H9FO3. The van der Waals surface area contributed by atoms with Crippen molar-refractivity contribution in [3.8, 4) is 5.75 Å². The molecule has 0 radical (unpaired) electrons. The number of halogens is 1. The molecule has 2 rings (SSSR count). The van der Waals surface area contributed by atoms with E-state index < -0.39 is 11.8 Å². The van der Waals surface area contributed by atoms with Crippen LogP contribution in [0.4, 0.5) is 4.39 Å². The number of carboxylic acids is 1. The van der Waals surface area contributed by atoms with Gasteiger partial charge in [-0.3, -0.25) is 0 Å². The number of aromatic carboxylic acids is 1. The highest BCUT2D eigenvalue weighted by Gasteiger charge is 2.09. The van der Waals surface area contributed by atoms with Crippen LogP contribution in [-0.2, 0) is 0 Å². The topological polar surface area (TPSA) is 46.5 Å². The minimum atomic E-state index is -1.07. The van der Waals surface area contributed by atoms with Crippen LogP contribution in [0.5, 0.6) is 5.75 Å². The van der Waals surface area contributed by atoms with Crippen LogP contribution in [0, 0.1) is 5.82 Å². The molecule has 16 heavy (non-hydrogen) atoms.